The summed E-state index contributed by atoms with van der Waals surface area (Å²) in [4.78, 5) is 0. The van der Waals surface area contributed by atoms with Gasteiger partial charge >= 0.3 is 0 Å². The zero-order valence-electron chi connectivity index (χ0n) is 8.77. The second-order valence-electron chi connectivity index (χ2n) is 3.17. The normalized spacial score (nSPS) is 12.8. The lowest BCUT2D eigenvalue weighted by Gasteiger charge is -1.99. The minimum Gasteiger partial charge on any atom is -0.0874 e. The Hall–Kier alpha value is -0.520. The molecule has 12 heavy (non-hydrogen) atoms. The van der Waals surface area contributed by atoms with Crippen LogP contribution in [0.4, 0.5) is 0 Å². The van der Waals surface area contributed by atoms with Gasteiger partial charge in [0, 0.05) is 0 Å². The van der Waals surface area contributed by atoms with Crippen LogP contribution < -0.4 is 0 Å². The van der Waals surface area contributed by atoms with E-state index >= 15 is 0 Å². The van der Waals surface area contributed by atoms with Crippen LogP contribution >= 0.6 is 0 Å². The highest BCUT2D eigenvalue weighted by molar-refractivity contribution is 5.17. The summed E-state index contributed by atoms with van der Waals surface area (Å²) in [6.45, 7) is 6.56. The second-order valence-corrected chi connectivity index (χ2v) is 3.17. The Balaban J connectivity index is 3.84. The van der Waals surface area contributed by atoms with E-state index in [1.54, 1.807) is 0 Å². The Kier molecular flexibility index (Phi) is 8.20. The van der Waals surface area contributed by atoms with E-state index in [-0.39, 0.29) is 0 Å². The fourth-order valence-corrected chi connectivity index (χ4v) is 1.18. The largest absolute Gasteiger partial charge is 0.0874 e. The first-order valence-electron chi connectivity index (χ1n) is 5.16. The number of unbranched alkanes of at least 4 members (excludes halogenated alkanes) is 2. The van der Waals surface area contributed by atoms with Crippen LogP contribution in [0.25, 0.3) is 0 Å². The van der Waals surface area contributed by atoms with Crippen LogP contribution in [-0.2, 0) is 0 Å². The predicted molar refractivity (Wildman–Crippen MR) is 57.3 cm³/mol. The maximum absolute atomic E-state index is 2.37. The highest BCUT2D eigenvalue weighted by Gasteiger charge is 1.90. The summed E-state index contributed by atoms with van der Waals surface area (Å²) in [5.41, 5.74) is 1.52. The zero-order chi connectivity index (χ0) is 9.23. The van der Waals surface area contributed by atoms with Crippen LogP contribution in [0.5, 0.6) is 0 Å². The first-order valence-corrected chi connectivity index (χ1v) is 5.16. The van der Waals surface area contributed by atoms with E-state index in [2.05, 4.69) is 39.0 Å². The molecule has 70 valence electrons. The molecule has 0 aliphatic carbocycles. The third kappa shape index (κ3) is 6.21. The van der Waals surface area contributed by atoms with Crippen LogP contribution in [0.1, 0.15) is 52.9 Å². The van der Waals surface area contributed by atoms with Crippen LogP contribution in [0.15, 0.2) is 23.8 Å². The standard InChI is InChI=1S/C12H22/c1-4-7-10-12(9-6-3)11-8-5-2/h6,9-10H,4-5,7-8,11H2,1-3H3. The Morgan fingerprint density at radius 2 is 1.92 bits per heavy atom. The van der Waals surface area contributed by atoms with Gasteiger partial charge in [0.2, 0.25) is 0 Å². The van der Waals surface area contributed by atoms with Crippen molar-refractivity contribution >= 4 is 0 Å². The van der Waals surface area contributed by atoms with Crippen molar-refractivity contribution in [2.45, 2.75) is 52.9 Å². The monoisotopic (exact) mass is 166 g/mol. The summed E-state index contributed by atoms with van der Waals surface area (Å²) in [5, 5.41) is 0. The van der Waals surface area contributed by atoms with E-state index < -0.39 is 0 Å². The highest BCUT2D eigenvalue weighted by atomic mass is 14.0. The average molecular weight is 166 g/mol. The molecule has 0 radical (unpaired) electrons. The summed E-state index contributed by atoms with van der Waals surface area (Å²) in [6, 6.07) is 0. The Morgan fingerprint density at radius 1 is 1.17 bits per heavy atom. The molecular formula is C12H22. The summed E-state index contributed by atoms with van der Waals surface area (Å²) < 4.78 is 0. The van der Waals surface area contributed by atoms with Gasteiger partial charge in [0.05, 0.1) is 0 Å². The highest BCUT2D eigenvalue weighted by Crippen LogP contribution is 2.10. The van der Waals surface area contributed by atoms with E-state index in [0.29, 0.717) is 0 Å². The van der Waals surface area contributed by atoms with Gasteiger partial charge in [-0.1, -0.05) is 50.5 Å². The van der Waals surface area contributed by atoms with E-state index in [1.165, 1.54) is 37.7 Å². The molecule has 0 bridgehead atoms. The molecule has 0 unspecified atom stereocenters. The van der Waals surface area contributed by atoms with Crippen molar-refractivity contribution in [3.63, 3.8) is 0 Å². The lowest BCUT2D eigenvalue weighted by Crippen LogP contribution is -1.79. The van der Waals surface area contributed by atoms with Crippen molar-refractivity contribution in [3.05, 3.63) is 23.8 Å². The molecule has 0 spiro atoms. The van der Waals surface area contributed by atoms with Gasteiger partial charge in [0.1, 0.15) is 0 Å². The lowest BCUT2D eigenvalue weighted by molar-refractivity contribution is 0.791. The second kappa shape index (κ2) is 8.58. The van der Waals surface area contributed by atoms with Crippen LogP contribution in [0, 0.1) is 0 Å². The topological polar surface area (TPSA) is 0 Å². The summed E-state index contributed by atoms with van der Waals surface area (Å²) in [5.74, 6) is 0. The molecule has 0 heterocycles. The molecule has 0 fully saturated rings. The van der Waals surface area contributed by atoms with Crippen LogP contribution in [0.3, 0.4) is 0 Å². The molecule has 0 aromatic rings. The molecule has 0 saturated heterocycles. The van der Waals surface area contributed by atoms with Gasteiger partial charge in [-0.05, 0) is 26.2 Å². The lowest BCUT2D eigenvalue weighted by atomic mass is 10.1. The molecule has 0 rings (SSSR count). The quantitative estimate of drug-likeness (QED) is 0.510. The van der Waals surface area contributed by atoms with Crippen molar-refractivity contribution in [2.24, 2.45) is 0 Å². The van der Waals surface area contributed by atoms with Crippen molar-refractivity contribution in [2.75, 3.05) is 0 Å². The SMILES string of the molecule is CC=CC(=CCCC)CCCC. The maximum Gasteiger partial charge on any atom is -0.0282 e. The van der Waals surface area contributed by atoms with Crippen molar-refractivity contribution in [1.29, 1.82) is 0 Å². The molecular weight excluding hydrogens is 144 g/mol. The van der Waals surface area contributed by atoms with Gasteiger partial charge in [-0.25, -0.2) is 0 Å². The van der Waals surface area contributed by atoms with Gasteiger partial charge in [0.15, 0.2) is 0 Å². The Bertz CT molecular complexity index is 140. The van der Waals surface area contributed by atoms with E-state index in [1.807, 2.05) is 0 Å². The van der Waals surface area contributed by atoms with Crippen molar-refractivity contribution in [1.82, 2.24) is 0 Å². The molecule has 0 atom stereocenters. The zero-order valence-corrected chi connectivity index (χ0v) is 8.77. The smallest absolute Gasteiger partial charge is 0.0282 e. The maximum atomic E-state index is 2.37. The van der Waals surface area contributed by atoms with Crippen molar-refractivity contribution in [3.8, 4) is 0 Å². The number of rotatable bonds is 6. The minimum atomic E-state index is 1.23. The number of allylic oxidation sites excluding steroid dienone is 4. The summed E-state index contributed by atoms with van der Waals surface area (Å²) in [6.07, 6.45) is 13.1. The molecule has 0 amide bonds. The van der Waals surface area contributed by atoms with Gasteiger partial charge in [-0.2, -0.15) is 0 Å². The average Bonchev–Trinajstić information content (AvgIpc) is 2.10. The summed E-state index contributed by atoms with van der Waals surface area (Å²) >= 11 is 0. The molecule has 0 saturated carbocycles. The van der Waals surface area contributed by atoms with Gasteiger partial charge in [-0.3, -0.25) is 0 Å². The minimum absolute atomic E-state index is 1.23. The van der Waals surface area contributed by atoms with Gasteiger partial charge in [-0.15, -0.1) is 0 Å². The summed E-state index contributed by atoms with van der Waals surface area (Å²) in [7, 11) is 0. The number of hydrogen-bond donors (Lipinski definition) is 0. The van der Waals surface area contributed by atoms with E-state index in [0.717, 1.165) is 0 Å². The molecule has 0 aliphatic rings. The third-order valence-corrected chi connectivity index (χ3v) is 1.89. The number of hydrogen-bond acceptors (Lipinski definition) is 0. The third-order valence-electron chi connectivity index (χ3n) is 1.89. The molecule has 0 heteroatoms. The van der Waals surface area contributed by atoms with E-state index in [4.69, 9.17) is 0 Å². The molecule has 0 nitrogen and oxygen atoms in total. The first-order chi connectivity index (χ1) is 5.85. The van der Waals surface area contributed by atoms with Gasteiger partial charge in [0.25, 0.3) is 0 Å². The molecule has 0 aliphatic heterocycles. The van der Waals surface area contributed by atoms with Crippen LogP contribution in [0.2, 0.25) is 0 Å². The first kappa shape index (κ1) is 11.5. The Morgan fingerprint density at radius 3 is 2.42 bits per heavy atom. The van der Waals surface area contributed by atoms with Gasteiger partial charge < -0.3 is 0 Å². The van der Waals surface area contributed by atoms with E-state index in [9.17, 15) is 0 Å². The fourth-order valence-electron chi connectivity index (χ4n) is 1.18. The Labute approximate surface area is 77.4 Å². The predicted octanol–water partition coefficient (Wildman–Crippen LogP) is 4.48. The molecule has 0 N–H and O–H groups in total. The molecule has 0 aromatic heterocycles. The molecule has 0 aromatic carbocycles. The van der Waals surface area contributed by atoms with Crippen molar-refractivity contribution < 1.29 is 0 Å². The van der Waals surface area contributed by atoms with Crippen LogP contribution in [-0.4, -0.2) is 0 Å². The fraction of sp³-hybridized carbons (Fsp3) is 0.667.